The highest BCUT2D eigenvalue weighted by atomic mass is 16.6. The van der Waals surface area contributed by atoms with Crippen molar-refractivity contribution in [1.82, 2.24) is 15.5 Å². The number of aryl methyl sites for hydroxylation is 1. The first-order valence-electron chi connectivity index (χ1n) is 11.7. The number of amides is 3. The van der Waals surface area contributed by atoms with Gasteiger partial charge in [-0.1, -0.05) is 43.7 Å². The van der Waals surface area contributed by atoms with E-state index in [1.54, 1.807) is 46.8 Å². The first-order chi connectivity index (χ1) is 16.0. The topological polar surface area (TPSA) is 114 Å². The van der Waals surface area contributed by atoms with Crippen LogP contribution in [0.2, 0.25) is 0 Å². The average Bonchev–Trinajstić information content (AvgIpc) is 2.70. The van der Waals surface area contributed by atoms with Crippen LogP contribution in [0.3, 0.4) is 0 Å². The minimum absolute atomic E-state index is 0.295. The molecule has 0 fully saturated rings. The molecule has 9 nitrogen and oxygen atoms in total. The van der Waals surface area contributed by atoms with Gasteiger partial charge in [-0.15, -0.1) is 0 Å². The maximum absolute atomic E-state index is 14.0. The van der Waals surface area contributed by atoms with Crippen LogP contribution in [-0.2, 0) is 23.9 Å². The number of ether oxygens (including phenoxy) is 2. The Bertz CT molecular complexity index is 914. The Morgan fingerprint density at radius 1 is 1.03 bits per heavy atom. The molecule has 35 heavy (non-hydrogen) atoms. The van der Waals surface area contributed by atoms with Crippen molar-refractivity contribution in [2.45, 2.75) is 85.5 Å². The highest BCUT2D eigenvalue weighted by Crippen LogP contribution is 2.31. The van der Waals surface area contributed by atoms with E-state index >= 15 is 0 Å². The van der Waals surface area contributed by atoms with Gasteiger partial charge in [-0.3, -0.25) is 14.4 Å². The molecule has 0 saturated carbocycles. The SMILES string of the molecule is COC(=O)CNC(=O)C(c1cccc(C)c1)N(C(=O)C(NC(=O)OC(C)(C)C)C(C)C)C(C)(C)C. The van der Waals surface area contributed by atoms with Crippen LogP contribution in [0.4, 0.5) is 4.79 Å². The average molecular weight is 492 g/mol. The molecule has 0 aliphatic carbocycles. The molecule has 196 valence electrons. The second-order valence-electron chi connectivity index (χ2n) is 10.9. The van der Waals surface area contributed by atoms with Gasteiger partial charge in [0.05, 0.1) is 7.11 Å². The second-order valence-corrected chi connectivity index (χ2v) is 10.9. The maximum Gasteiger partial charge on any atom is 0.408 e. The van der Waals surface area contributed by atoms with Gasteiger partial charge in [-0.05, 0) is 59.9 Å². The number of methoxy groups -OCH3 is 1. The summed E-state index contributed by atoms with van der Waals surface area (Å²) in [5, 5.41) is 5.26. The van der Waals surface area contributed by atoms with Gasteiger partial charge in [0.15, 0.2) is 0 Å². The fourth-order valence-corrected chi connectivity index (χ4v) is 3.53. The minimum atomic E-state index is -1.06. The molecule has 1 aromatic rings. The summed E-state index contributed by atoms with van der Waals surface area (Å²) in [6, 6.07) is 5.25. The van der Waals surface area contributed by atoms with Crippen molar-refractivity contribution in [3.63, 3.8) is 0 Å². The number of hydrogen-bond donors (Lipinski definition) is 2. The van der Waals surface area contributed by atoms with Crippen LogP contribution in [-0.4, -0.2) is 59.6 Å². The van der Waals surface area contributed by atoms with Gasteiger partial charge in [0.1, 0.15) is 24.2 Å². The molecule has 0 aliphatic heterocycles. The molecule has 2 unspecified atom stereocenters. The van der Waals surface area contributed by atoms with E-state index in [0.29, 0.717) is 5.56 Å². The van der Waals surface area contributed by atoms with Gasteiger partial charge in [0.2, 0.25) is 11.8 Å². The van der Waals surface area contributed by atoms with E-state index in [4.69, 9.17) is 4.74 Å². The molecule has 1 rings (SSSR count). The zero-order valence-corrected chi connectivity index (χ0v) is 22.6. The Labute approximate surface area is 208 Å². The van der Waals surface area contributed by atoms with Gasteiger partial charge in [-0.2, -0.15) is 0 Å². The Morgan fingerprint density at radius 2 is 1.63 bits per heavy atom. The van der Waals surface area contributed by atoms with Gasteiger partial charge < -0.3 is 25.0 Å². The fraction of sp³-hybridized carbons (Fsp3) is 0.615. The largest absolute Gasteiger partial charge is 0.468 e. The molecule has 2 atom stereocenters. The minimum Gasteiger partial charge on any atom is -0.468 e. The van der Waals surface area contributed by atoms with E-state index < -0.39 is 47.1 Å². The molecule has 0 spiro atoms. The summed E-state index contributed by atoms with van der Waals surface area (Å²) in [6.45, 7) is 15.8. The molecule has 3 amide bonds. The predicted molar refractivity (Wildman–Crippen MR) is 134 cm³/mol. The van der Waals surface area contributed by atoms with Crippen LogP contribution in [0.5, 0.6) is 0 Å². The van der Waals surface area contributed by atoms with Crippen LogP contribution >= 0.6 is 0 Å². The molecule has 0 saturated heterocycles. The summed E-state index contributed by atoms with van der Waals surface area (Å²) < 4.78 is 10.0. The zero-order valence-electron chi connectivity index (χ0n) is 22.6. The van der Waals surface area contributed by atoms with Crippen LogP contribution in [0, 0.1) is 12.8 Å². The second kappa shape index (κ2) is 12.0. The van der Waals surface area contributed by atoms with Crippen molar-refractivity contribution < 1.29 is 28.7 Å². The third-order valence-electron chi connectivity index (χ3n) is 5.06. The molecule has 0 bridgehead atoms. The summed E-state index contributed by atoms with van der Waals surface area (Å²) in [4.78, 5) is 53.1. The standard InChI is InChI=1S/C26H41N3O6/c1-16(2)20(28-24(33)35-26(7,8)9)23(32)29(25(4,5)6)21(18-13-11-12-17(3)14-18)22(31)27-15-19(30)34-10/h11-14,16,20-21H,15H2,1-10H3,(H,27,31)(H,28,33). The third-order valence-corrected chi connectivity index (χ3v) is 5.06. The molecule has 2 N–H and O–H groups in total. The molecule has 1 aromatic carbocycles. The third kappa shape index (κ3) is 9.22. The number of alkyl carbamates (subject to hydrolysis) is 1. The van der Waals surface area contributed by atoms with Crippen molar-refractivity contribution in [3.05, 3.63) is 35.4 Å². The lowest BCUT2D eigenvalue weighted by atomic mass is 9.92. The summed E-state index contributed by atoms with van der Waals surface area (Å²) in [5.41, 5.74) is -0.0788. The number of rotatable bonds is 8. The normalized spacial score (nSPS) is 13.5. The summed E-state index contributed by atoms with van der Waals surface area (Å²) in [5.74, 6) is -1.89. The van der Waals surface area contributed by atoms with Gasteiger partial charge in [-0.25, -0.2) is 4.79 Å². The zero-order chi connectivity index (χ0) is 27.1. The number of benzene rings is 1. The molecule has 0 aromatic heterocycles. The van der Waals surface area contributed by atoms with Crippen LogP contribution in [0.25, 0.3) is 0 Å². The van der Waals surface area contributed by atoms with Gasteiger partial charge in [0, 0.05) is 5.54 Å². The number of carbonyl (C=O) groups excluding carboxylic acids is 4. The van der Waals surface area contributed by atoms with Crippen molar-refractivity contribution in [3.8, 4) is 0 Å². The van der Waals surface area contributed by atoms with Crippen molar-refractivity contribution >= 4 is 23.9 Å². The summed E-state index contributed by atoms with van der Waals surface area (Å²) in [6.07, 6.45) is -0.722. The fourth-order valence-electron chi connectivity index (χ4n) is 3.53. The monoisotopic (exact) mass is 491 g/mol. The maximum atomic E-state index is 14.0. The van der Waals surface area contributed by atoms with E-state index in [2.05, 4.69) is 15.4 Å². The molecular formula is C26H41N3O6. The molecule has 0 aliphatic rings. The first kappa shape index (κ1) is 29.9. The first-order valence-corrected chi connectivity index (χ1v) is 11.7. The number of nitrogens with zero attached hydrogens (tertiary/aromatic N) is 1. The molecule has 0 radical (unpaired) electrons. The van der Waals surface area contributed by atoms with Crippen molar-refractivity contribution in [2.75, 3.05) is 13.7 Å². The highest BCUT2D eigenvalue weighted by molar-refractivity contribution is 5.93. The number of nitrogens with one attached hydrogen (secondary N) is 2. The van der Waals surface area contributed by atoms with Crippen LogP contribution in [0.15, 0.2) is 24.3 Å². The van der Waals surface area contributed by atoms with Crippen LogP contribution in [0.1, 0.15) is 72.6 Å². The Morgan fingerprint density at radius 3 is 2.09 bits per heavy atom. The predicted octanol–water partition coefficient (Wildman–Crippen LogP) is 3.50. The smallest absolute Gasteiger partial charge is 0.408 e. The van der Waals surface area contributed by atoms with Gasteiger partial charge in [0.25, 0.3) is 0 Å². The number of hydrogen-bond acceptors (Lipinski definition) is 6. The van der Waals surface area contributed by atoms with Crippen molar-refractivity contribution in [2.24, 2.45) is 5.92 Å². The lowest BCUT2D eigenvalue weighted by Gasteiger charge is -2.43. The van der Waals surface area contributed by atoms with E-state index in [1.165, 1.54) is 12.0 Å². The Hall–Kier alpha value is -3.10. The van der Waals surface area contributed by atoms with Crippen molar-refractivity contribution in [1.29, 1.82) is 0 Å². The lowest BCUT2D eigenvalue weighted by Crippen LogP contribution is -2.60. The number of carbonyl (C=O) groups is 4. The van der Waals surface area contributed by atoms with E-state index in [1.807, 2.05) is 39.8 Å². The Balaban J connectivity index is 3.52. The van der Waals surface area contributed by atoms with E-state index in [-0.39, 0.29) is 12.5 Å². The Kier molecular flexibility index (Phi) is 10.3. The lowest BCUT2D eigenvalue weighted by molar-refractivity contribution is -0.150. The highest BCUT2D eigenvalue weighted by Gasteiger charge is 2.42. The quantitative estimate of drug-likeness (QED) is 0.538. The molecule has 0 heterocycles. The number of esters is 1. The summed E-state index contributed by atoms with van der Waals surface area (Å²) >= 11 is 0. The molecular weight excluding hydrogens is 450 g/mol. The summed E-state index contributed by atoms with van der Waals surface area (Å²) in [7, 11) is 1.23. The van der Waals surface area contributed by atoms with E-state index in [9.17, 15) is 19.2 Å². The molecule has 9 heteroatoms. The van der Waals surface area contributed by atoms with Gasteiger partial charge >= 0.3 is 12.1 Å². The van der Waals surface area contributed by atoms with E-state index in [0.717, 1.165) is 5.56 Å². The van der Waals surface area contributed by atoms with Crippen LogP contribution < -0.4 is 10.6 Å².